The van der Waals surface area contributed by atoms with Crippen molar-refractivity contribution >= 4 is 32.8 Å². The Kier molecular flexibility index (Phi) is 6.56. The number of carbonyl (C=O) groups is 1. The van der Waals surface area contributed by atoms with Crippen LogP contribution in [0, 0.1) is 0 Å². The number of hydrogen-bond acceptors (Lipinski definition) is 2. The van der Waals surface area contributed by atoms with Gasteiger partial charge >= 0.3 is 5.97 Å². The van der Waals surface area contributed by atoms with Gasteiger partial charge in [-0.1, -0.05) is 61.9 Å². The monoisotopic (exact) mass is 489 g/mol. The van der Waals surface area contributed by atoms with Gasteiger partial charge in [-0.25, -0.2) is 4.79 Å². The Bertz CT molecular complexity index is 1340. The maximum Gasteiger partial charge on any atom is 0.336 e. The summed E-state index contributed by atoms with van der Waals surface area (Å²) in [6.07, 6.45) is 4.77. The maximum atomic E-state index is 13.0. The van der Waals surface area contributed by atoms with Crippen molar-refractivity contribution in [3.8, 4) is 11.1 Å². The van der Waals surface area contributed by atoms with Gasteiger partial charge in [-0.3, -0.25) is 4.79 Å². The molecule has 0 saturated carbocycles. The van der Waals surface area contributed by atoms with Gasteiger partial charge in [0.25, 0.3) is 0 Å². The Morgan fingerprint density at radius 3 is 2.47 bits per heavy atom. The van der Waals surface area contributed by atoms with Gasteiger partial charge in [-0.2, -0.15) is 0 Å². The van der Waals surface area contributed by atoms with Gasteiger partial charge in [0.05, 0.1) is 11.1 Å². The van der Waals surface area contributed by atoms with Crippen molar-refractivity contribution in [2.45, 2.75) is 32.7 Å². The normalized spacial score (nSPS) is 11.1. The topological polar surface area (TPSA) is 59.3 Å². The molecule has 0 aliphatic carbocycles. The second kappa shape index (κ2) is 9.53. The first-order valence-electron chi connectivity index (χ1n) is 10.7. The number of hydrogen-bond donors (Lipinski definition) is 1. The lowest BCUT2D eigenvalue weighted by Gasteiger charge is -2.15. The molecule has 3 aromatic carbocycles. The number of unbranched alkanes of at least 4 members (excludes halogenated alkanes) is 1. The molecule has 0 atom stereocenters. The van der Waals surface area contributed by atoms with E-state index >= 15 is 0 Å². The van der Waals surface area contributed by atoms with Gasteiger partial charge in [-0.15, -0.1) is 0 Å². The number of para-hydroxylation sites is 1. The maximum absolute atomic E-state index is 13.0. The molecule has 0 aliphatic heterocycles. The molecule has 0 spiro atoms. The molecule has 0 aliphatic rings. The van der Waals surface area contributed by atoms with Crippen molar-refractivity contribution in [3.63, 3.8) is 0 Å². The summed E-state index contributed by atoms with van der Waals surface area (Å²) in [5.41, 5.74) is 4.75. The summed E-state index contributed by atoms with van der Waals surface area (Å²) in [4.78, 5) is 24.6. The summed E-state index contributed by atoms with van der Waals surface area (Å²) in [5.74, 6) is -0.936. The first-order chi connectivity index (χ1) is 15.5. The molecule has 0 radical (unpaired) electrons. The summed E-state index contributed by atoms with van der Waals surface area (Å²) >= 11 is 3.62. The van der Waals surface area contributed by atoms with E-state index in [-0.39, 0.29) is 11.0 Å². The molecule has 1 heterocycles. The number of rotatable bonds is 7. The quantitative estimate of drug-likeness (QED) is 0.321. The molecule has 4 aromatic rings. The Balaban J connectivity index is 1.73. The Hall–Kier alpha value is -3.18. The van der Waals surface area contributed by atoms with E-state index in [0.29, 0.717) is 12.1 Å². The molecule has 0 fully saturated rings. The highest BCUT2D eigenvalue weighted by Gasteiger charge is 2.13. The lowest BCUT2D eigenvalue weighted by atomic mass is 9.98. The molecule has 0 unspecified atom stereocenters. The number of aryl methyl sites for hydroxylation is 1. The van der Waals surface area contributed by atoms with Crippen LogP contribution in [0.2, 0.25) is 0 Å². The van der Waals surface area contributed by atoms with Crippen LogP contribution in [0.3, 0.4) is 0 Å². The third-order valence-corrected chi connectivity index (χ3v) is 6.34. The summed E-state index contributed by atoms with van der Waals surface area (Å²) in [7, 11) is 0. The van der Waals surface area contributed by atoms with Crippen LogP contribution >= 0.6 is 15.9 Å². The zero-order chi connectivity index (χ0) is 22.7. The van der Waals surface area contributed by atoms with Crippen LogP contribution in [0.25, 0.3) is 22.0 Å². The minimum absolute atomic E-state index is 0.103. The summed E-state index contributed by atoms with van der Waals surface area (Å²) < 4.78 is 3.02. The molecular formula is C27H24BrNO3. The number of carboxylic acid groups (broad SMARTS) is 1. The Labute approximate surface area is 195 Å². The Morgan fingerprint density at radius 2 is 1.75 bits per heavy atom. The van der Waals surface area contributed by atoms with E-state index in [4.69, 9.17) is 0 Å². The number of halogens is 1. The molecule has 0 saturated heterocycles. The van der Waals surface area contributed by atoms with Gasteiger partial charge < -0.3 is 9.67 Å². The highest BCUT2D eigenvalue weighted by atomic mass is 79.9. The number of benzene rings is 3. The van der Waals surface area contributed by atoms with E-state index in [1.54, 1.807) is 12.1 Å². The number of pyridine rings is 1. The summed E-state index contributed by atoms with van der Waals surface area (Å²) in [5, 5.41) is 10.2. The molecular weight excluding hydrogens is 466 g/mol. The lowest BCUT2D eigenvalue weighted by molar-refractivity contribution is 0.0697. The molecule has 162 valence electrons. The van der Waals surface area contributed by atoms with Crippen molar-refractivity contribution in [2.24, 2.45) is 0 Å². The van der Waals surface area contributed by atoms with Gasteiger partial charge in [0.15, 0.2) is 5.43 Å². The van der Waals surface area contributed by atoms with E-state index in [2.05, 4.69) is 27.4 Å². The number of carboxylic acids is 1. The van der Waals surface area contributed by atoms with E-state index in [1.165, 1.54) is 0 Å². The fourth-order valence-corrected chi connectivity index (χ4v) is 4.65. The molecule has 5 heteroatoms. The zero-order valence-corrected chi connectivity index (χ0v) is 19.4. The SMILES string of the molecule is CCCCc1cn(Cc2ccc(-c3ccccc3C(=O)O)cc2)c2c(Br)cccc2c1=O. The standard InChI is InChI=1S/C27H24BrNO3/c1-2-3-7-20-17-29(25-23(26(20)30)10-6-11-24(25)28)16-18-12-14-19(15-13-18)21-8-4-5-9-22(21)27(31)32/h4-6,8-15,17H,2-3,7,16H2,1H3,(H,31,32). The third kappa shape index (κ3) is 4.39. The van der Waals surface area contributed by atoms with Gasteiger partial charge in [0.2, 0.25) is 0 Å². The molecule has 0 bridgehead atoms. The molecule has 1 aromatic heterocycles. The fourth-order valence-electron chi connectivity index (χ4n) is 4.05. The average Bonchev–Trinajstić information content (AvgIpc) is 2.80. The fraction of sp³-hybridized carbons (Fsp3) is 0.185. The van der Waals surface area contributed by atoms with Crippen LogP contribution in [-0.2, 0) is 13.0 Å². The lowest BCUT2D eigenvalue weighted by Crippen LogP contribution is -2.16. The smallest absolute Gasteiger partial charge is 0.336 e. The van der Waals surface area contributed by atoms with E-state index in [0.717, 1.165) is 51.3 Å². The number of nitrogens with zero attached hydrogens (tertiary/aromatic N) is 1. The number of fused-ring (bicyclic) bond motifs is 1. The highest BCUT2D eigenvalue weighted by molar-refractivity contribution is 9.10. The van der Waals surface area contributed by atoms with Crippen molar-refractivity contribution in [1.29, 1.82) is 0 Å². The van der Waals surface area contributed by atoms with Crippen LogP contribution in [0.15, 0.2) is 82.2 Å². The first-order valence-corrected chi connectivity index (χ1v) is 11.5. The predicted molar refractivity (Wildman–Crippen MR) is 132 cm³/mol. The van der Waals surface area contributed by atoms with Crippen LogP contribution < -0.4 is 5.43 Å². The number of aromatic carboxylic acids is 1. The second-order valence-corrected chi connectivity index (χ2v) is 8.75. The molecule has 1 N–H and O–H groups in total. The summed E-state index contributed by atoms with van der Waals surface area (Å²) in [6, 6.07) is 20.7. The van der Waals surface area contributed by atoms with Crippen molar-refractivity contribution < 1.29 is 9.90 Å². The second-order valence-electron chi connectivity index (χ2n) is 7.90. The van der Waals surface area contributed by atoms with Crippen LogP contribution in [0.4, 0.5) is 0 Å². The summed E-state index contributed by atoms with van der Waals surface area (Å²) in [6.45, 7) is 2.74. The van der Waals surface area contributed by atoms with Crippen LogP contribution in [0.5, 0.6) is 0 Å². The van der Waals surface area contributed by atoms with Gasteiger partial charge in [-0.05, 0) is 63.7 Å². The minimum Gasteiger partial charge on any atom is -0.478 e. The molecule has 4 rings (SSSR count). The van der Waals surface area contributed by atoms with Crippen molar-refractivity contribution in [1.82, 2.24) is 4.57 Å². The van der Waals surface area contributed by atoms with Gasteiger partial charge in [0.1, 0.15) is 0 Å². The van der Waals surface area contributed by atoms with E-state index < -0.39 is 5.97 Å². The minimum atomic E-state index is -0.936. The van der Waals surface area contributed by atoms with E-state index in [1.807, 2.05) is 60.8 Å². The van der Waals surface area contributed by atoms with Crippen molar-refractivity contribution in [2.75, 3.05) is 0 Å². The third-order valence-electron chi connectivity index (χ3n) is 5.70. The predicted octanol–water partition coefficient (Wildman–Crippen LogP) is 6.52. The van der Waals surface area contributed by atoms with Gasteiger partial charge in [0, 0.05) is 28.2 Å². The average molecular weight is 490 g/mol. The van der Waals surface area contributed by atoms with Crippen LogP contribution in [-0.4, -0.2) is 15.6 Å². The highest BCUT2D eigenvalue weighted by Crippen LogP contribution is 2.26. The zero-order valence-electron chi connectivity index (χ0n) is 17.8. The molecule has 0 amide bonds. The number of aromatic nitrogens is 1. The Morgan fingerprint density at radius 1 is 1.00 bits per heavy atom. The molecule has 32 heavy (non-hydrogen) atoms. The van der Waals surface area contributed by atoms with Crippen LogP contribution in [0.1, 0.15) is 41.3 Å². The van der Waals surface area contributed by atoms with E-state index in [9.17, 15) is 14.7 Å². The van der Waals surface area contributed by atoms with Crippen molar-refractivity contribution in [3.05, 3.63) is 104 Å². The molecule has 4 nitrogen and oxygen atoms in total. The first kappa shape index (κ1) is 22.0. The largest absolute Gasteiger partial charge is 0.478 e.